The molecule has 1 atom stereocenters. The number of ether oxygens (including phenoxy) is 1. The molecule has 0 fully saturated rings. The number of hydrogen-bond acceptors (Lipinski definition) is 4. The van der Waals surface area contributed by atoms with Crippen molar-refractivity contribution in [1.82, 2.24) is 5.01 Å². The van der Waals surface area contributed by atoms with Crippen molar-refractivity contribution in [2.45, 2.75) is 12.5 Å². The zero-order chi connectivity index (χ0) is 13.0. The smallest absolute Gasteiger partial charge is 0.238 e. The Labute approximate surface area is 99.1 Å². The number of hydrogen-bond donors (Lipinski definition) is 2. The van der Waals surface area contributed by atoms with Gasteiger partial charge < -0.3 is 10.5 Å². The van der Waals surface area contributed by atoms with Gasteiger partial charge in [0.2, 0.25) is 5.91 Å². The predicted molar refractivity (Wildman–Crippen MR) is 61.5 cm³/mol. The molecule has 17 heavy (non-hydrogen) atoms. The Morgan fingerprint density at radius 3 is 2.76 bits per heavy atom. The van der Waals surface area contributed by atoms with Gasteiger partial charge in [0.1, 0.15) is 11.6 Å². The lowest BCUT2D eigenvalue weighted by molar-refractivity contribution is -0.130. The molecule has 4 N–H and O–H groups in total. The molecule has 1 amide bonds. The summed E-state index contributed by atoms with van der Waals surface area (Å²) < 4.78 is 18.2. The minimum atomic E-state index is -0.654. The lowest BCUT2D eigenvalue weighted by atomic mass is 10.0. The summed E-state index contributed by atoms with van der Waals surface area (Å²) in [5.74, 6) is 4.98. The second kappa shape index (κ2) is 5.60. The number of carbonyl (C=O) groups is 1. The number of halogens is 1. The van der Waals surface area contributed by atoms with E-state index in [9.17, 15) is 9.18 Å². The predicted octanol–water partition coefficient (Wildman–Crippen LogP) is 0.556. The van der Waals surface area contributed by atoms with Crippen LogP contribution in [0.4, 0.5) is 4.39 Å². The van der Waals surface area contributed by atoms with Crippen molar-refractivity contribution in [3.05, 3.63) is 29.6 Å². The fourth-order valence-electron chi connectivity index (χ4n) is 1.44. The second-order valence-electron chi connectivity index (χ2n) is 3.70. The van der Waals surface area contributed by atoms with Crippen LogP contribution >= 0.6 is 0 Å². The van der Waals surface area contributed by atoms with Crippen LogP contribution in [0, 0.1) is 5.82 Å². The van der Waals surface area contributed by atoms with Crippen LogP contribution in [-0.2, 0) is 4.79 Å². The summed E-state index contributed by atoms with van der Waals surface area (Å²) in [5, 5.41) is 0.950. The Hall–Kier alpha value is -1.66. The van der Waals surface area contributed by atoms with Gasteiger partial charge in [0.15, 0.2) is 0 Å². The molecule has 0 heterocycles. The molecule has 0 aromatic heterocycles. The molecule has 0 spiro atoms. The highest BCUT2D eigenvalue weighted by Crippen LogP contribution is 2.26. The number of methoxy groups -OCH3 is 1. The summed E-state index contributed by atoms with van der Waals surface area (Å²) in [6.45, 7) is 0. The molecule has 1 aromatic carbocycles. The van der Waals surface area contributed by atoms with E-state index in [1.807, 2.05) is 0 Å². The Balaban J connectivity index is 2.91. The maximum absolute atomic E-state index is 13.1. The van der Waals surface area contributed by atoms with Gasteiger partial charge in [-0.2, -0.15) is 0 Å². The minimum absolute atomic E-state index is 0.00713. The molecule has 1 rings (SSSR count). The van der Waals surface area contributed by atoms with E-state index < -0.39 is 11.9 Å². The molecule has 0 aliphatic heterocycles. The van der Waals surface area contributed by atoms with E-state index in [-0.39, 0.29) is 12.3 Å². The lowest BCUT2D eigenvalue weighted by Crippen LogP contribution is -2.35. The quantitative estimate of drug-likeness (QED) is 0.458. The zero-order valence-electron chi connectivity index (χ0n) is 9.81. The summed E-state index contributed by atoms with van der Waals surface area (Å²) in [7, 11) is 2.89. The number of nitrogens with zero attached hydrogens (tertiary/aromatic N) is 1. The van der Waals surface area contributed by atoms with Gasteiger partial charge >= 0.3 is 0 Å². The molecular weight excluding hydrogens is 225 g/mol. The van der Waals surface area contributed by atoms with E-state index in [0.29, 0.717) is 11.3 Å². The summed E-state index contributed by atoms with van der Waals surface area (Å²) in [6, 6.07) is 3.35. The average Bonchev–Trinajstić information content (AvgIpc) is 2.28. The minimum Gasteiger partial charge on any atom is -0.496 e. The third-order valence-corrected chi connectivity index (χ3v) is 2.38. The van der Waals surface area contributed by atoms with Crippen LogP contribution in [-0.4, -0.2) is 25.1 Å². The van der Waals surface area contributed by atoms with Crippen LogP contribution in [0.15, 0.2) is 18.2 Å². The van der Waals surface area contributed by atoms with Crippen LogP contribution in [0.25, 0.3) is 0 Å². The first-order chi connectivity index (χ1) is 7.95. The van der Waals surface area contributed by atoms with E-state index in [1.165, 1.54) is 32.4 Å². The van der Waals surface area contributed by atoms with E-state index in [4.69, 9.17) is 16.3 Å². The normalized spacial score (nSPS) is 12.1. The monoisotopic (exact) mass is 241 g/mol. The third-order valence-electron chi connectivity index (χ3n) is 2.38. The molecule has 0 bridgehead atoms. The topological polar surface area (TPSA) is 81.6 Å². The fourth-order valence-corrected chi connectivity index (χ4v) is 1.44. The number of rotatable bonds is 4. The standard InChI is InChI=1S/C11H16FN3O2/c1-15(14)11(16)6-9(13)8-5-7(12)3-4-10(8)17-2/h3-5,9H,6,13-14H2,1-2H3. The van der Waals surface area contributed by atoms with Crippen molar-refractivity contribution >= 4 is 5.91 Å². The van der Waals surface area contributed by atoms with E-state index in [2.05, 4.69) is 0 Å². The maximum atomic E-state index is 13.1. The van der Waals surface area contributed by atoms with Crippen molar-refractivity contribution in [2.24, 2.45) is 11.6 Å². The lowest BCUT2D eigenvalue weighted by Gasteiger charge is -2.17. The van der Waals surface area contributed by atoms with Crippen molar-refractivity contribution in [2.75, 3.05) is 14.2 Å². The molecule has 1 aromatic rings. The van der Waals surface area contributed by atoms with Crippen molar-refractivity contribution in [3.8, 4) is 5.75 Å². The van der Waals surface area contributed by atoms with Gasteiger partial charge in [0, 0.05) is 25.1 Å². The zero-order valence-corrected chi connectivity index (χ0v) is 9.81. The average molecular weight is 241 g/mol. The van der Waals surface area contributed by atoms with Crippen LogP contribution in [0.3, 0.4) is 0 Å². The van der Waals surface area contributed by atoms with Gasteiger partial charge in [-0.3, -0.25) is 9.80 Å². The maximum Gasteiger partial charge on any atom is 0.238 e. The number of benzene rings is 1. The Bertz CT molecular complexity index is 410. The van der Waals surface area contributed by atoms with Crippen LogP contribution in [0.1, 0.15) is 18.0 Å². The molecule has 0 saturated heterocycles. The van der Waals surface area contributed by atoms with Crippen LogP contribution < -0.4 is 16.3 Å². The molecule has 6 heteroatoms. The van der Waals surface area contributed by atoms with Gasteiger partial charge in [0.05, 0.1) is 7.11 Å². The largest absolute Gasteiger partial charge is 0.496 e. The molecule has 1 unspecified atom stereocenters. The van der Waals surface area contributed by atoms with Crippen LogP contribution in [0.2, 0.25) is 0 Å². The Morgan fingerprint density at radius 1 is 1.59 bits per heavy atom. The number of hydrazine groups is 1. The van der Waals surface area contributed by atoms with Gasteiger partial charge in [-0.15, -0.1) is 0 Å². The third kappa shape index (κ3) is 3.40. The van der Waals surface area contributed by atoms with Crippen molar-refractivity contribution in [3.63, 3.8) is 0 Å². The van der Waals surface area contributed by atoms with Gasteiger partial charge in [0.25, 0.3) is 0 Å². The summed E-state index contributed by atoms with van der Waals surface area (Å²) in [5.41, 5.74) is 6.28. The first-order valence-corrected chi connectivity index (χ1v) is 5.06. The number of nitrogens with two attached hydrogens (primary N) is 2. The molecular formula is C11H16FN3O2. The SMILES string of the molecule is COc1ccc(F)cc1C(N)CC(=O)N(C)N. The van der Waals surface area contributed by atoms with E-state index >= 15 is 0 Å². The van der Waals surface area contributed by atoms with E-state index in [1.54, 1.807) is 0 Å². The van der Waals surface area contributed by atoms with Gasteiger partial charge in [-0.25, -0.2) is 10.2 Å². The van der Waals surface area contributed by atoms with E-state index in [0.717, 1.165) is 5.01 Å². The van der Waals surface area contributed by atoms with Gasteiger partial charge in [-0.05, 0) is 18.2 Å². The van der Waals surface area contributed by atoms with Crippen molar-refractivity contribution < 1.29 is 13.9 Å². The highest BCUT2D eigenvalue weighted by Gasteiger charge is 2.17. The molecule has 0 saturated carbocycles. The Morgan fingerprint density at radius 2 is 2.24 bits per heavy atom. The molecule has 5 nitrogen and oxygen atoms in total. The summed E-state index contributed by atoms with van der Waals surface area (Å²) >= 11 is 0. The first kappa shape index (κ1) is 13.4. The molecule has 0 aliphatic carbocycles. The fraction of sp³-hybridized carbons (Fsp3) is 0.364. The second-order valence-corrected chi connectivity index (χ2v) is 3.70. The van der Waals surface area contributed by atoms with Crippen molar-refractivity contribution in [1.29, 1.82) is 0 Å². The molecule has 0 aliphatic rings. The Kier molecular flexibility index (Phi) is 4.42. The van der Waals surface area contributed by atoms with Gasteiger partial charge in [-0.1, -0.05) is 0 Å². The number of amides is 1. The first-order valence-electron chi connectivity index (χ1n) is 5.06. The summed E-state index contributed by atoms with van der Waals surface area (Å²) in [6.07, 6.45) is -0.00713. The molecule has 94 valence electrons. The highest BCUT2D eigenvalue weighted by atomic mass is 19.1. The van der Waals surface area contributed by atoms with Crippen LogP contribution in [0.5, 0.6) is 5.75 Å². The summed E-state index contributed by atoms with van der Waals surface area (Å²) in [4.78, 5) is 11.4. The highest BCUT2D eigenvalue weighted by molar-refractivity contribution is 5.76. The molecule has 0 radical (unpaired) electrons. The number of carbonyl (C=O) groups excluding carboxylic acids is 1.